The molecule has 1 fully saturated rings. The van der Waals surface area contributed by atoms with E-state index in [9.17, 15) is 18.1 Å². The highest BCUT2D eigenvalue weighted by atomic mass is 32.2. The van der Waals surface area contributed by atoms with Crippen LogP contribution in [-0.4, -0.2) is 67.2 Å². The maximum absolute atomic E-state index is 14.4. The van der Waals surface area contributed by atoms with Crippen LogP contribution in [0.2, 0.25) is 0 Å². The number of nitrogens with one attached hydrogen (secondary N) is 1. The number of rotatable bonds is 10. The molecule has 0 aliphatic carbocycles. The molecule has 4 aromatic rings. The van der Waals surface area contributed by atoms with Gasteiger partial charge in [0.05, 0.1) is 29.8 Å². The molecule has 2 aromatic heterocycles. The van der Waals surface area contributed by atoms with Crippen LogP contribution in [0.4, 0.5) is 10.3 Å². The second-order valence-electron chi connectivity index (χ2n) is 10.1. The number of fused-ring (bicyclic) bond motifs is 1. The van der Waals surface area contributed by atoms with Crippen LogP contribution in [0.3, 0.4) is 0 Å². The molecule has 0 saturated carbocycles. The molecule has 208 valence electrons. The molecule has 11 heteroatoms. The van der Waals surface area contributed by atoms with Gasteiger partial charge >= 0.3 is 0 Å². The third kappa shape index (κ3) is 6.94. The summed E-state index contributed by atoms with van der Waals surface area (Å²) in [5.41, 5.74) is 3.72. The van der Waals surface area contributed by atoms with Gasteiger partial charge in [0.1, 0.15) is 12.4 Å². The van der Waals surface area contributed by atoms with E-state index in [-0.39, 0.29) is 12.4 Å². The molecule has 1 aliphatic rings. The normalized spacial score (nSPS) is 14.4. The molecule has 9 nitrogen and oxygen atoms in total. The highest BCUT2D eigenvalue weighted by Crippen LogP contribution is 2.22. The fraction of sp³-hybridized carbons (Fsp3) is 0.345. The van der Waals surface area contributed by atoms with Gasteiger partial charge in [-0.3, -0.25) is 4.90 Å². The molecule has 1 saturated heterocycles. The van der Waals surface area contributed by atoms with Crippen LogP contribution in [0.15, 0.2) is 55.0 Å². The first-order valence-electron chi connectivity index (χ1n) is 13.1. The number of piperazine rings is 1. The van der Waals surface area contributed by atoms with Gasteiger partial charge in [0, 0.05) is 55.1 Å². The van der Waals surface area contributed by atoms with Gasteiger partial charge in [-0.1, -0.05) is 12.1 Å². The van der Waals surface area contributed by atoms with E-state index in [1.54, 1.807) is 18.5 Å². The van der Waals surface area contributed by atoms with Crippen molar-refractivity contribution in [2.45, 2.75) is 25.2 Å². The highest BCUT2D eigenvalue weighted by molar-refractivity contribution is 7.89. The fourth-order valence-corrected chi connectivity index (χ4v) is 5.71. The van der Waals surface area contributed by atoms with Crippen LogP contribution < -0.4 is 9.64 Å². The Morgan fingerprint density at radius 1 is 1.07 bits per heavy atom. The Labute approximate surface area is 233 Å². The molecule has 0 spiro atoms. The smallest absolute Gasteiger partial charge is 0.225 e. The summed E-state index contributed by atoms with van der Waals surface area (Å²) >= 11 is 0. The lowest BCUT2D eigenvalue weighted by Gasteiger charge is -2.34. The summed E-state index contributed by atoms with van der Waals surface area (Å²) in [6, 6.07) is 12.3. The number of aromatic nitrogens is 3. The number of anilines is 1. The number of halogens is 1. The van der Waals surface area contributed by atoms with Crippen molar-refractivity contribution < 1.29 is 17.5 Å². The van der Waals surface area contributed by atoms with E-state index in [1.165, 1.54) is 17.7 Å². The predicted octanol–water partition coefficient (Wildman–Crippen LogP) is 3.85. The molecule has 0 atom stereocenters. The minimum absolute atomic E-state index is 0.00952. The third-order valence-electron chi connectivity index (χ3n) is 7.03. The summed E-state index contributed by atoms with van der Waals surface area (Å²) in [5, 5.41) is 10.3. The quantitative estimate of drug-likeness (QED) is 0.310. The third-order valence-corrected chi connectivity index (χ3v) is 7.89. The molecule has 5 rings (SSSR count). The number of hydrogen-bond acceptors (Lipinski definition) is 8. The fourth-order valence-electron chi connectivity index (χ4n) is 4.93. The van der Waals surface area contributed by atoms with Crippen molar-refractivity contribution in [1.82, 2.24) is 19.9 Å². The highest BCUT2D eigenvalue weighted by Gasteiger charge is 2.19. The predicted molar refractivity (Wildman–Crippen MR) is 151 cm³/mol. The Morgan fingerprint density at radius 2 is 1.85 bits per heavy atom. The molecule has 0 bridgehead atoms. The van der Waals surface area contributed by atoms with Crippen molar-refractivity contribution in [3.05, 3.63) is 83.1 Å². The lowest BCUT2D eigenvalue weighted by Crippen LogP contribution is -2.47. The zero-order valence-corrected chi connectivity index (χ0v) is 23.1. The van der Waals surface area contributed by atoms with Gasteiger partial charge in [0.15, 0.2) is 15.6 Å². The van der Waals surface area contributed by atoms with Crippen molar-refractivity contribution in [3.8, 4) is 11.8 Å². The number of hydrogen-bond donors (Lipinski definition) is 1. The minimum Gasteiger partial charge on any atom is -0.486 e. The first-order chi connectivity index (χ1) is 19.3. The van der Waals surface area contributed by atoms with Crippen molar-refractivity contribution in [2.75, 3.05) is 43.9 Å². The molecule has 1 N–H and O–H groups in total. The molecule has 0 unspecified atom stereocenters. The van der Waals surface area contributed by atoms with Gasteiger partial charge in [0.25, 0.3) is 0 Å². The lowest BCUT2D eigenvalue weighted by atomic mass is 10.1. The Kier molecular flexibility index (Phi) is 8.28. The maximum Gasteiger partial charge on any atom is 0.225 e. The summed E-state index contributed by atoms with van der Waals surface area (Å²) < 4.78 is 42.9. The number of aromatic amines is 1. The average Bonchev–Trinajstić information content (AvgIpc) is 3.34. The Balaban J connectivity index is 1.06. The zero-order chi connectivity index (χ0) is 28.1. The van der Waals surface area contributed by atoms with E-state index in [4.69, 9.17) is 4.74 Å². The number of H-pyrrole nitrogens is 1. The number of sulfone groups is 1. The molecule has 40 heavy (non-hydrogen) atoms. The monoisotopic (exact) mass is 562 g/mol. The lowest BCUT2D eigenvalue weighted by molar-refractivity contribution is 0.254. The summed E-state index contributed by atoms with van der Waals surface area (Å²) in [6.45, 7) is 4.47. The molecule has 1 aliphatic heterocycles. The topological polar surface area (TPSA) is 115 Å². The molecule has 0 radical (unpaired) electrons. The van der Waals surface area contributed by atoms with E-state index >= 15 is 0 Å². The van der Waals surface area contributed by atoms with Crippen LogP contribution in [0.25, 0.3) is 10.9 Å². The van der Waals surface area contributed by atoms with Crippen LogP contribution in [-0.2, 0) is 28.6 Å². The first-order valence-corrected chi connectivity index (χ1v) is 15.2. The van der Waals surface area contributed by atoms with E-state index in [0.29, 0.717) is 28.4 Å². The standard InChI is InChI=1S/C29H31FN6O3S/c1-40(37,38)20-22-4-6-24(27(30)14-22)19-39-25-17-33-29(34-18-25)36-11-9-35(10-12-36)8-2-3-23-16-32-28-7-5-21(15-31)13-26(23)28/h4-7,13-14,16-18,32H,2-3,8-12,19-20H2,1H3. The summed E-state index contributed by atoms with van der Waals surface area (Å²) in [4.78, 5) is 16.8. The first kappa shape index (κ1) is 27.6. The number of aryl methyl sites for hydroxylation is 1. The largest absolute Gasteiger partial charge is 0.486 e. The van der Waals surface area contributed by atoms with Gasteiger partial charge in [-0.2, -0.15) is 5.26 Å². The van der Waals surface area contributed by atoms with Gasteiger partial charge in [-0.15, -0.1) is 0 Å². The van der Waals surface area contributed by atoms with Crippen molar-refractivity contribution in [3.63, 3.8) is 0 Å². The second-order valence-corrected chi connectivity index (χ2v) is 12.3. The zero-order valence-electron chi connectivity index (χ0n) is 22.3. The molecule has 0 amide bonds. The Bertz CT molecular complexity index is 1620. The summed E-state index contributed by atoms with van der Waals surface area (Å²) in [5.74, 6) is 0.354. The number of ether oxygens (including phenoxy) is 1. The molecular weight excluding hydrogens is 531 g/mol. The maximum atomic E-state index is 14.4. The van der Waals surface area contributed by atoms with Gasteiger partial charge in [0.2, 0.25) is 5.95 Å². The van der Waals surface area contributed by atoms with Gasteiger partial charge in [-0.05, 0) is 54.8 Å². The molecule has 3 heterocycles. The molecular formula is C29H31FN6O3S. The van der Waals surface area contributed by atoms with Crippen LogP contribution in [0, 0.1) is 17.1 Å². The van der Waals surface area contributed by atoms with E-state index < -0.39 is 15.7 Å². The SMILES string of the molecule is CS(=O)(=O)Cc1ccc(COc2cnc(N3CCN(CCCc4c[nH]c5ccc(C#N)cc45)CC3)nc2)c(F)c1. The van der Waals surface area contributed by atoms with Crippen molar-refractivity contribution in [2.24, 2.45) is 0 Å². The number of benzene rings is 2. The number of nitrogens with zero attached hydrogens (tertiary/aromatic N) is 5. The summed E-state index contributed by atoms with van der Waals surface area (Å²) in [7, 11) is -3.23. The van der Waals surface area contributed by atoms with E-state index in [1.807, 2.05) is 24.4 Å². The van der Waals surface area contributed by atoms with E-state index in [2.05, 4.69) is 30.8 Å². The average molecular weight is 563 g/mol. The van der Waals surface area contributed by atoms with Crippen LogP contribution in [0.5, 0.6) is 5.75 Å². The van der Waals surface area contributed by atoms with Crippen LogP contribution >= 0.6 is 0 Å². The minimum atomic E-state index is -3.23. The van der Waals surface area contributed by atoms with E-state index in [0.717, 1.165) is 62.7 Å². The second kappa shape index (κ2) is 12.0. The summed E-state index contributed by atoms with van der Waals surface area (Å²) in [6.07, 6.45) is 8.32. The van der Waals surface area contributed by atoms with Crippen molar-refractivity contribution >= 4 is 26.7 Å². The van der Waals surface area contributed by atoms with Gasteiger partial charge in [-0.25, -0.2) is 22.8 Å². The Hall–Kier alpha value is -4.01. The molecule has 2 aromatic carbocycles. The van der Waals surface area contributed by atoms with Gasteiger partial charge < -0.3 is 14.6 Å². The number of nitriles is 1. The van der Waals surface area contributed by atoms with Crippen molar-refractivity contribution in [1.29, 1.82) is 5.26 Å². The van der Waals surface area contributed by atoms with Crippen LogP contribution in [0.1, 0.15) is 28.7 Å². The Morgan fingerprint density at radius 3 is 2.55 bits per heavy atom.